The highest BCUT2D eigenvalue weighted by molar-refractivity contribution is 5.80. The summed E-state index contributed by atoms with van der Waals surface area (Å²) < 4.78 is 5.60. The lowest BCUT2D eigenvalue weighted by molar-refractivity contribution is -0.132. The molecule has 1 saturated carbocycles. The van der Waals surface area contributed by atoms with E-state index in [1.807, 2.05) is 6.92 Å². The number of carbonyl (C=O) groups is 1. The van der Waals surface area contributed by atoms with Crippen LogP contribution in [-0.2, 0) is 22.5 Å². The van der Waals surface area contributed by atoms with Crippen LogP contribution in [0.2, 0.25) is 0 Å². The molecule has 0 radical (unpaired) electrons. The average Bonchev–Trinajstić information content (AvgIpc) is 3.34. The number of benzene rings is 1. The summed E-state index contributed by atoms with van der Waals surface area (Å²) in [5, 5.41) is 2.98. The summed E-state index contributed by atoms with van der Waals surface area (Å²) in [6.07, 6.45) is 4.47. The minimum atomic E-state index is -0.357. The molecular weight excluding hydrogens is 276 g/mol. The molecule has 120 valence electrons. The van der Waals surface area contributed by atoms with Crippen molar-refractivity contribution in [2.75, 3.05) is 25.1 Å². The Hall–Kier alpha value is -1.55. The molecule has 1 atom stereocenters. The number of rotatable bonds is 6. The Morgan fingerprint density at radius 2 is 2.27 bits per heavy atom. The second kappa shape index (κ2) is 6.69. The first-order valence-corrected chi connectivity index (χ1v) is 8.36. The first-order valence-electron chi connectivity index (χ1n) is 8.36. The van der Waals surface area contributed by atoms with Crippen molar-refractivity contribution in [1.82, 2.24) is 5.32 Å². The average molecular weight is 302 g/mol. The van der Waals surface area contributed by atoms with Gasteiger partial charge < -0.3 is 15.0 Å². The maximum absolute atomic E-state index is 12.0. The fraction of sp³-hybridized carbons (Fsp3) is 0.611. The number of nitrogens with one attached hydrogen (secondary N) is 1. The number of hydrogen-bond acceptors (Lipinski definition) is 3. The van der Waals surface area contributed by atoms with Gasteiger partial charge in [-0.2, -0.15) is 0 Å². The minimum Gasteiger partial charge on any atom is -0.374 e. The molecule has 4 nitrogen and oxygen atoms in total. The van der Waals surface area contributed by atoms with Gasteiger partial charge in [-0.05, 0) is 55.7 Å². The third-order valence-electron chi connectivity index (χ3n) is 4.61. The molecule has 0 spiro atoms. The van der Waals surface area contributed by atoms with E-state index >= 15 is 0 Å². The molecule has 1 aromatic rings. The Morgan fingerprint density at radius 1 is 1.45 bits per heavy atom. The van der Waals surface area contributed by atoms with Crippen LogP contribution in [0.25, 0.3) is 0 Å². The minimum absolute atomic E-state index is 0.0181. The Kier molecular flexibility index (Phi) is 4.67. The Balaban J connectivity index is 1.51. The first-order chi connectivity index (χ1) is 10.6. The number of carbonyl (C=O) groups excluding carboxylic acids is 1. The highest BCUT2D eigenvalue weighted by Gasteiger charge is 2.24. The van der Waals surface area contributed by atoms with Gasteiger partial charge in [-0.1, -0.05) is 12.1 Å². The van der Waals surface area contributed by atoms with Crippen LogP contribution in [0.5, 0.6) is 0 Å². The second-order valence-electron chi connectivity index (χ2n) is 6.62. The van der Waals surface area contributed by atoms with Crippen molar-refractivity contribution in [3.05, 3.63) is 29.3 Å². The third kappa shape index (κ3) is 3.80. The van der Waals surface area contributed by atoms with E-state index in [0.29, 0.717) is 12.5 Å². The van der Waals surface area contributed by atoms with Crippen LogP contribution in [0, 0.1) is 5.92 Å². The van der Waals surface area contributed by atoms with Crippen LogP contribution < -0.4 is 10.2 Å². The van der Waals surface area contributed by atoms with Crippen molar-refractivity contribution in [1.29, 1.82) is 0 Å². The van der Waals surface area contributed by atoms with Crippen molar-refractivity contribution in [2.45, 2.75) is 45.3 Å². The van der Waals surface area contributed by atoms with E-state index < -0.39 is 0 Å². The molecule has 3 rings (SSSR count). The Bertz CT molecular complexity index is 540. The number of aryl methyl sites for hydroxylation is 1. The lowest BCUT2D eigenvalue weighted by Crippen LogP contribution is -2.34. The van der Waals surface area contributed by atoms with Crippen molar-refractivity contribution in [3.63, 3.8) is 0 Å². The molecule has 1 unspecified atom stereocenters. The predicted molar refractivity (Wildman–Crippen MR) is 88.0 cm³/mol. The summed E-state index contributed by atoms with van der Waals surface area (Å²) in [6.45, 7) is 4.26. The summed E-state index contributed by atoms with van der Waals surface area (Å²) in [7, 11) is 2.14. The van der Waals surface area contributed by atoms with Gasteiger partial charge in [-0.3, -0.25) is 4.79 Å². The number of ether oxygens (including phenoxy) is 1. The summed E-state index contributed by atoms with van der Waals surface area (Å²) in [5.41, 5.74) is 3.87. The van der Waals surface area contributed by atoms with Gasteiger partial charge in [-0.15, -0.1) is 0 Å². The third-order valence-corrected chi connectivity index (χ3v) is 4.61. The maximum atomic E-state index is 12.0. The fourth-order valence-corrected chi connectivity index (χ4v) is 2.92. The van der Waals surface area contributed by atoms with Crippen LogP contribution in [0.3, 0.4) is 0 Å². The molecule has 1 fully saturated rings. The number of hydrogen-bond donors (Lipinski definition) is 1. The molecule has 1 aliphatic heterocycles. The number of fused-ring (bicyclic) bond motifs is 1. The Morgan fingerprint density at radius 3 is 3.05 bits per heavy atom. The van der Waals surface area contributed by atoms with E-state index in [1.54, 1.807) is 0 Å². The van der Waals surface area contributed by atoms with E-state index in [9.17, 15) is 4.79 Å². The van der Waals surface area contributed by atoms with Crippen LogP contribution in [0.15, 0.2) is 18.2 Å². The fourth-order valence-electron chi connectivity index (χ4n) is 2.92. The van der Waals surface area contributed by atoms with Gasteiger partial charge in [0, 0.05) is 25.8 Å². The molecule has 4 heteroatoms. The van der Waals surface area contributed by atoms with E-state index in [-0.39, 0.29) is 12.0 Å². The molecule has 0 aromatic heterocycles. The van der Waals surface area contributed by atoms with Gasteiger partial charge in [0.05, 0.1) is 6.61 Å². The summed E-state index contributed by atoms with van der Waals surface area (Å²) in [6, 6.07) is 6.50. The highest BCUT2D eigenvalue weighted by Crippen LogP contribution is 2.29. The molecule has 0 bridgehead atoms. The smallest absolute Gasteiger partial charge is 0.249 e. The van der Waals surface area contributed by atoms with Gasteiger partial charge >= 0.3 is 0 Å². The number of anilines is 1. The summed E-state index contributed by atoms with van der Waals surface area (Å²) in [4.78, 5) is 14.3. The van der Waals surface area contributed by atoms with E-state index in [0.717, 1.165) is 25.1 Å². The molecule has 1 amide bonds. The second-order valence-corrected chi connectivity index (χ2v) is 6.62. The van der Waals surface area contributed by atoms with Gasteiger partial charge in [0.2, 0.25) is 5.91 Å². The van der Waals surface area contributed by atoms with Crippen LogP contribution >= 0.6 is 0 Å². The number of amides is 1. The normalized spacial score (nSPS) is 18.7. The lowest BCUT2D eigenvalue weighted by Gasteiger charge is -2.27. The summed E-state index contributed by atoms with van der Waals surface area (Å²) >= 11 is 0. The van der Waals surface area contributed by atoms with Gasteiger partial charge in [0.1, 0.15) is 6.10 Å². The van der Waals surface area contributed by atoms with Gasteiger partial charge in [-0.25, -0.2) is 0 Å². The van der Waals surface area contributed by atoms with Crippen molar-refractivity contribution < 1.29 is 9.53 Å². The van der Waals surface area contributed by atoms with Crippen molar-refractivity contribution >= 4 is 11.6 Å². The first kappa shape index (κ1) is 15.3. The molecule has 0 saturated heterocycles. The molecular formula is C18H26N2O2. The quantitative estimate of drug-likeness (QED) is 0.878. The molecule has 1 N–H and O–H groups in total. The van der Waals surface area contributed by atoms with Crippen LogP contribution in [0.4, 0.5) is 5.69 Å². The monoisotopic (exact) mass is 302 g/mol. The number of nitrogens with zero attached hydrogens (tertiary/aromatic N) is 1. The molecule has 1 heterocycles. The van der Waals surface area contributed by atoms with E-state index in [4.69, 9.17) is 4.74 Å². The zero-order valence-electron chi connectivity index (χ0n) is 13.6. The zero-order chi connectivity index (χ0) is 15.5. The zero-order valence-corrected chi connectivity index (χ0v) is 13.6. The van der Waals surface area contributed by atoms with Crippen LogP contribution in [0.1, 0.15) is 37.3 Å². The SMILES string of the molecule is CC(OCC1CC1)C(=O)NCc1ccc2c(c1)CCCN2C. The van der Waals surface area contributed by atoms with E-state index in [2.05, 4.69) is 35.5 Å². The topological polar surface area (TPSA) is 41.6 Å². The maximum Gasteiger partial charge on any atom is 0.249 e. The van der Waals surface area contributed by atoms with Crippen molar-refractivity contribution in [3.8, 4) is 0 Å². The summed E-state index contributed by atoms with van der Waals surface area (Å²) in [5.74, 6) is 0.670. The standard InChI is InChI=1S/C18H26N2O2/c1-13(22-12-14-5-6-14)18(21)19-11-15-7-8-17-16(10-15)4-3-9-20(17)2/h7-8,10,13-14H,3-6,9,11-12H2,1-2H3,(H,19,21). The molecule has 2 aliphatic rings. The predicted octanol–water partition coefficient (Wildman–Crippen LogP) is 2.50. The molecule has 1 aromatic carbocycles. The highest BCUT2D eigenvalue weighted by atomic mass is 16.5. The van der Waals surface area contributed by atoms with Crippen LogP contribution in [-0.4, -0.2) is 32.2 Å². The lowest BCUT2D eigenvalue weighted by atomic mass is 9.99. The van der Waals surface area contributed by atoms with Crippen molar-refractivity contribution in [2.24, 2.45) is 5.92 Å². The molecule has 1 aliphatic carbocycles. The van der Waals surface area contributed by atoms with Gasteiger partial charge in [0.25, 0.3) is 0 Å². The van der Waals surface area contributed by atoms with Gasteiger partial charge in [0.15, 0.2) is 0 Å². The van der Waals surface area contributed by atoms with E-state index in [1.165, 1.54) is 30.5 Å². The molecule has 22 heavy (non-hydrogen) atoms. The Labute approximate surface area is 132 Å². The largest absolute Gasteiger partial charge is 0.374 e.